The van der Waals surface area contributed by atoms with E-state index in [1.165, 1.54) is 17.8 Å². The average Bonchev–Trinajstić information content (AvgIpc) is 2.74. The van der Waals surface area contributed by atoms with E-state index in [9.17, 15) is 0 Å². The van der Waals surface area contributed by atoms with Crippen molar-refractivity contribution in [2.75, 3.05) is 6.54 Å². The second-order valence-electron chi connectivity index (χ2n) is 3.35. The van der Waals surface area contributed by atoms with Crippen LogP contribution >= 0.6 is 11.3 Å². The maximum absolute atomic E-state index is 4.39. The summed E-state index contributed by atoms with van der Waals surface area (Å²) in [5, 5.41) is 7.74. The lowest BCUT2D eigenvalue weighted by Crippen LogP contribution is -2.24. The molecule has 1 atom stereocenters. The van der Waals surface area contributed by atoms with Gasteiger partial charge in [-0.15, -0.1) is 0 Å². The molecule has 1 aromatic rings. The van der Waals surface area contributed by atoms with Crippen LogP contribution in [0, 0.1) is 0 Å². The molecule has 0 radical (unpaired) electrons. The van der Waals surface area contributed by atoms with Crippen LogP contribution in [0.1, 0.15) is 31.4 Å². The Kier molecular flexibility index (Phi) is 2.64. The smallest absolute Gasteiger partial charge is 0.0968 e. The second-order valence-corrected chi connectivity index (χ2v) is 4.13. The van der Waals surface area contributed by atoms with E-state index in [-0.39, 0.29) is 0 Å². The molecule has 0 fully saturated rings. The molecule has 0 saturated heterocycles. The molecule has 1 aromatic heterocycles. The van der Waals surface area contributed by atoms with Gasteiger partial charge in [-0.1, -0.05) is 0 Å². The van der Waals surface area contributed by atoms with Crippen LogP contribution in [0.25, 0.3) is 0 Å². The number of rotatable bonds is 2. The van der Waals surface area contributed by atoms with Crippen LogP contribution in [-0.2, 0) is 0 Å². The van der Waals surface area contributed by atoms with Crippen LogP contribution in [-0.4, -0.2) is 12.4 Å². The van der Waals surface area contributed by atoms with E-state index in [0.29, 0.717) is 6.04 Å². The fourth-order valence-electron chi connectivity index (χ4n) is 1.51. The van der Waals surface area contributed by atoms with Gasteiger partial charge in [0.1, 0.15) is 0 Å². The number of hydrogen-bond donors (Lipinski definition) is 1. The minimum atomic E-state index is 0.406. The molecule has 13 heavy (non-hydrogen) atoms. The minimum absolute atomic E-state index is 0.406. The minimum Gasteiger partial charge on any atom is -0.367 e. The fraction of sp³-hybridized carbons (Fsp3) is 0.500. The van der Waals surface area contributed by atoms with Crippen LogP contribution in [0.3, 0.4) is 0 Å². The standard InChI is InChI=1S/C10H14N2S/c1-8(9-4-6-13-7-9)12-10-3-2-5-11-10/h4,6-8H,2-3,5H2,1H3,(H,11,12). The normalized spacial score (nSPS) is 18.4. The molecule has 70 valence electrons. The Balaban J connectivity index is 1.95. The van der Waals surface area contributed by atoms with E-state index in [4.69, 9.17) is 0 Å². The van der Waals surface area contributed by atoms with Crippen LogP contribution in [0.2, 0.25) is 0 Å². The average molecular weight is 194 g/mol. The largest absolute Gasteiger partial charge is 0.367 e. The molecular formula is C10H14N2S. The number of thiophene rings is 1. The summed E-state index contributed by atoms with van der Waals surface area (Å²) in [5.74, 6) is 1.18. The molecule has 0 aromatic carbocycles. The summed E-state index contributed by atoms with van der Waals surface area (Å²) in [5.41, 5.74) is 1.36. The highest BCUT2D eigenvalue weighted by Crippen LogP contribution is 2.16. The zero-order valence-corrected chi connectivity index (χ0v) is 8.60. The molecule has 1 N–H and O–H groups in total. The van der Waals surface area contributed by atoms with Gasteiger partial charge in [0.05, 0.1) is 11.9 Å². The third-order valence-corrected chi connectivity index (χ3v) is 3.00. The van der Waals surface area contributed by atoms with E-state index in [0.717, 1.165) is 13.0 Å². The molecule has 3 heteroatoms. The number of amidine groups is 1. The number of nitrogens with zero attached hydrogens (tertiary/aromatic N) is 1. The number of aliphatic imine (C=N–C) groups is 1. The Morgan fingerprint density at radius 3 is 3.15 bits per heavy atom. The predicted octanol–water partition coefficient (Wildman–Crippen LogP) is 2.59. The van der Waals surface area contributed by atoms with Gasteiger partial charge in [-0.3, -0.25) is 4.99 Å². The van der Waals surface area contributed by atoms with Crippen molar-refractivity contribution in [3.8, 4) is 0 Å². The highest BCUT2D eigenvalue weighted by molar-refractivity contribution is 7.07. The van der Waals surface area contributed by atoms with Crippen LogP contribution in [0.5, 0.6) is 0 Å². The summed E-state index contributed by atoms with van der Waals surface area (Å²) in [7, 11) is 0. The summed E-state index contributed by atoms with van der Waals surface area (Å²) in [4.78, 5) is 4.39. The maximum atomic E-state index is 4.39. The monoisotopic (exact) mass is 194 g/mol. The fourth-order valence-corrected chi connectivity index (χ4v) is 2.27. The molecular weight excluding hydrogens is 180 g/mol. The third kappa shape index (κ3) is 2.10. The lowest BCUT2D eigenvalue weighted by molar-refractivity contribution is 0.712. The summed E-state index contributed by atoms with van der Waals surface area (Å²) < 4.78 is 0. The van der Waals surface area contributed by atoms with Crippen molar-refractivity contribution >= 4 is 17.2 Å². The van der Waals surface area contributed by atoms with Crippen molar-refractivity contribution < 1.29 is 0 Å². The summed E-state index contributed by atoms with van der Waals surface area (Å²) >= 11 is 1.75. The highest BCUT2D eigenvalue weighted by Gasteiger charge is 2.10. The number of hydrogen-bond acceptors (Lipinski definition) is 3. The Labute approximate surface area is 82.7 Å². The molecule has 1 aliphatic rings. The second kappa shape index (κ2) is 3.92. The van der Waals surface area contributed by atoms with Crippen LogP contribution < -0.4 is 5.32 Å². The molecule has 2 nitrogen and oxygen atoms in total. The Bertz CT molecular complexity index is 290. The molecule has 1 unspecified atom stereocenters. The van der Waals surface area contributed by atoms with Crippen molar-refractivity contribution in [2.24, 2.45) is 4.99 Å². The molecule has 0 spiro atoms. The Morgan fingerprint density at radius 2 is 2.54 bits per heavy atom. The van der Waals surface area contributed by atoms with E-state index >= 15 is 0 Å². The van der Waals surface area contributed by atoms with Crippen molar-refractivity contribution in [1.82, 2.24) is 5.32 Å². The molecule has 1 aliphatic heterocycles. The van der Waals surface area contributed by atoms with Gasteiger partial charge in [-0.2, -0.15) is 11.3 Å². The lowest BCUT2D eigenvalue weighted by atomic mass is 10.2. The van der Waals surface area contributed by atoms with Gasteiger partial charge < -0.3 is 5.32 Å². The lowest BCUT2D eigenvalue weighted by Gasteiger charge is -2.13. The van der Waals surface area contributed by atoms with E-state index in [2.05, 4.69) is 34.1 Å². The number of nitrogens with one attached hydrogen (secondary N) is 1. The maximum Gasteiger partial charge on any atom is 0.0968 e. The molecule has 0 aliphatic carbocycles. The Morgan fingerprint density at radius 1 is 1.62 bits per heavy atom. The molecule has 2 heterocycles. The van der Waals surface area contributed by atoms with Gasteiger partial charge >= 0.3 is 0 Å². The van der Waals surface area contributed by atoms with Gasteiger partial charge in [0.25, 0.3) is 0 Å². The van der Waals surface area contributed by atoms with Gasteiger partial charge in [-0.05, 0) is 35.7 Å². The van der Waals surface area contributed by atoms with Crippen molar-refractivity contribution in [1.29, 1.82) is 0 Å². The highest BCUT2D eigenvalue weighted by atomic mass is 32.1. The van der Waals surface area contributed by atoms with Gasteiger partial charge in [0.2, 0.25) is 0 Å². The quantitative estimate of drug-likeness (QED) is 0.769. The first-order valence-electron chi connectivity index (χ1n) is 4.68. The zero-order valence-electron chi connectivity index (χ0n) is 7.79. The van der Waals surface area contributed by atoms with Gasteiger partial charge in [0.15, 0.2) is 0 Å². The van der Waals surface area contributed by atoms with Gasteiger partial charge in [0, 0.05) is 13.0 Å². The van der Waals surface area contributed by atoms with Crippen molar-refractivity contribution in [3.63, 3.8) is 0 Å². The van der Waals surface area contributed by atoms with Crippen LogP contribution in [0.4, 0.5) is 0 Å². The molecule has 0 saturated carbocycles. The van der Waals surface area contributed by atoms with E-state index in [1.54, 1.807) is 11.3 Å². The van der Waals surface area contributed by atoms with E-state index < -0.39 is 0 Å². The molecule has 2 rings (SSSR count). The predicted molar refractivity (Wildman–Crippen MR) is 57.4 cm³/mol. The topological polar surface area (TPSA) is 24.4 Å². The first-order chi connectivity index (χ1) is 6.36. The van der Waals surface area contributed by atoms with E-state index in [1.807, 2.05) is 0 Å². The SMILES string of the molecule is CC(NC1=NCCC1)c1ccsc1. The first kappa shape index (κ1) is 8.75. The molecule has 0 bridgehead atoms. The van der Waals surface area contributed by atoms with Crippen molar-refractivity contribution in [2.45, 2.75) is 25.8 Å². The van der Waals surface area contributed by atoms with Gasteiger partial charge in [-0.25, -0.2) is 0 Å². The Hall–Kier alpha value is -0.830. The summed E-state index contributed by atoms with van der Waals surface area (Å²) in [6.07, 6.45) is 2.33. The van der Waals surface area contributed by atoms with Crippen molar-refractivity contribution in [3.05, 3.63) is 22.4 Å². The zero-order chi connectivity index (χ0) is 9.10. The summed E-state index contributed by atoms with van der Waals surface area (Å²) in [6.45, 7) is 3.18. The first-order valence-corrected chi connectivity index (χ1v) is 5.62. The summed E-state index contributed by atoms with van der Waals surface area (Å²) in [6, 6.07) is 2.57. The van der Waals surface area contributed by atoms with Crippen LogP contribution in [0.15, 0.2) is 21.8 Å². The third-order valence-electron chi connectivity index (χ3n) is 2.30. The molecule has 0 amide bonds.